The number of ether oxygens (including phenoxy) is 1. The Morgan fingerprint density at radius 1 is 1.33 bits per heavy atom. The van der Waals surface area contributed by atoms with Crippen molar-refractivity contribution >= 4 is 6.08 Å². The van der Waals surface area contributed by atoms with E-state index < -0.39 is 0 Å². The Labute approximate surface area is 109 Å². The maximum absolute atomic E-state index is 9.67. The summed E-state index contributed by atoms with van der Waals surface area (Å²) in [7, 11) is 1.67. The zero-order chi connectivity index (χ0) is 12.8. The molecule has 0 saturated carbocycles. The van der Waals surface area contributed by atoms with E-state index in [1.54, 1.807) is 7.11 Å². The van der Waals surface area contributed by atoms with E-state index in [0.717, 1.165) is 37.0 Å². The third-order valence-corrected chi connectivity index (χ3v) is 3.26. The average Bonchev–Trinajstić information content (AvgIpc) is 2.61. The molecular weight excluding hydrogens is 224 g/mol. The summed E-state index contributed by atoms with van der Waals surface area (Å²) in [5.74, 6) is 0.867. The van der Waals surface area contributed by atoms with E-state index in [1.165, 1.54) is 0 Å². The predicted octanol–water partition coefficient (Wildman–Crippen LogP) is 2.64. The molecule has 0 aromatic heterocycles. The number of rotatable bonds is 3. The Morgan fingerprint density at radius 3 is 3.00 bits per heavy atom. The van der Waals surface area contributed by atoms with Crippen molar-refractivity contribution in [1.29, 1.82) is 0 Å². The minimum Gasteiger partial charge on any atom is -0.497 e. The van der Waals surface area contributed by atoms with Crippen molar-refractivity contribution < 1.29 is 4.74 Å². The third kappa shape index (κ3) is 3.86. The largest absolute Gasteiger partial charge is 0.497 e. The van der Waals surface area contributed by atoms with Crippen LogP contribution in [0, 0.1) is 0 Å². The van der Waals surface area contributed by atoms with E-state index in [1.807, 2.05) is 24.3 Å². The van der Waals surface area contributed by atoms with Gasteiger partial charge in [-0.05, 0) is 30.5 Å². The van der Waals surface area contributed by atoms with Gasteiger partial charge in [0.15, 0.2) is 0 Å². The van der Waals surface area contributed by atoms with Crippen molar-refractivity contribution in [3.8, 4) is 5.75 Å². The molecule has 0 bridgehead atoms. The maximum Gasteiger partial charge on any atom is 0.119 e. The normalized spacial score (nSPS) is 25.0. The molecule has 1 fully saturated rings. The SMILES string of the molecule is COc1cccc(C=CC2CCCCC([N])N2)c1. The first-order valence-corrected chi connectivity index (χ1v) is 6.54. The van der Waals surface area contributed by atoms with Crippen molar-refractivity contribution in [2.24, 2.45) is 0 Å². The van der Waals surface area contributed by atoms with E-state index in [4.69, 9.17) is 4.74 Å². The van der Waals surface area contributed by atoms with Crippen molar-refractivity contribution in [2.75, 3.05) is 7.11 Å². The Hall–Kier alpha value is -1.32. The molecule has 2 unspecified atom stereocenters. The molecular formula is C15H20N2O. The summed E-state index contributed by atoms with van der Waals surface area (Å²) >= 11 is 0. The van der Waals surface area contributed by atoms with Crippen LogP contribution in [0.3, 0.4) is 0 Å². The quantitative estimate of drug-likeness (QED) is 0.888. The minimum absolute atomic E-state index is 0.258. The van der Waals surface area contributed by atoms with Crippen molar-refractivity contribution in [1.82, 2.24) is 11.1 Å². The summed E-state index contributed by atoms with van der Waals surface area (Å²) < 4.78 is 5.19. The molecule has 2 radical (unpaired) electrons. The van der Waals surface area contributed by atoms with Gasteiger partial charge in [-0.15, -0.1) is 5.73 Å². The second-order valence-corrected chi connectivity index (χ2v) is 4.71. The van der Waals surface area contributed by atoms with Gasteiger partial charge in [0, 0.05) is 6.04 Å². The van der Waals surface area contributed by atoms with Crippen molar-refractivity contribution in [2.45, 2.75) is 37.9 Å². The second kappa shape index (κ2) is 6.57. The van der Waals surface area contributed by atoms with Crippen LogP contribution < -0.4 is 15.8 Å². The third-order valence-electron chi connectivity index (χ3n) is 3.26. The van der Waals surface area contributed by atoms with E-state index in [2.05, 4.69) is 17.5 Å². The average molecular weight is 244 g/mol. The van der Waals surface area contributed by atoms with Crippen LogP contribution in [0.2, 0.25) is 0 Å². The van der Waals surface area contributed by atoms with Crippen molar-refractivity contribution in [3.63, 3.8) is 0 Å². The monoisotopic (exact) mass is 244 g/mol. The van der Waals surface area contributed by atoms with E-state index in [0.29, 0.717) is 0 Å². The zero-order valence-corrected chi connectivity index (χ0v) is 10.8. The molecule has 2 atom stereocenters. The summed E-state index contributed by atoms with van der Waals surface area (Å²) in [6.07, 6.45) is 8.03. The first kappa shape index (κ1) is 13.1. The van der Waals surface area contributed by atoms with Crippen LogP contribution in [0.15, 0.2) is 30.3 Å². The van der Waals surface area contributed by atoms with Gasteiger partial charge >= 0.3 is 0 Å². The molecule has 3 nitrogen and oxygen atoms in total. The van der Waals surface area contributed by atoms with Crippen LogP contribution in [0.4, 0.5) is 0 Å². The van der Waals surface area contributed by atoms with Crippen LogP contribution in [0.1, 0.15) is 31.2 Å². The van der Waals surface area contributed by atoms with Gasteiger partial charge in [0.05, 0.1) is 13.3 Å². The van der Waals surface area contributed by atoms with E-state index in [9.17, 15) is 5.73 Å². The maximum atomic E-state index is 9.67. The number of hydrogen-bond donors (Lipinski definition) is 1. The van der Waals surface area contributed by atoms with E-state index >= 15 is 0 Å². The number of nitrogens with zero attached hydrogens (tertiary/aromatic N) is 1. The van der Waals surface area contributed by atoms with Gasteiger partial charge in [-0.25, -0.2) is 0 Å². The summed E-state index contributed by atoms with van der Waals surface area (Å²) in [6.45, 7) is 0. The molecule has 96 valence electrons. The highest BCUT2D eigenvalue weighted by molar-refractivity contribution is 5.52. The fraction of sp³-hybridized carbons (Fsp3) is 0.467. The van der Waals surface area contributed by atoms with Gasteiger partial charge in [0.25, 0.3) is 0 Å². The highest BCUT2D eigenvalue weighted by Crippen LogP contribution is 2.16. The smallest absolute Gasteiger partial charge is 0.119 e. The molecule has 0 spiro atoms. The van der Waals surface area contributed by atoms with Crippen LogP contribution in [0.25, 0.3) is 6.08 Å². The van der Waals surface area contributed by atoms with Gasteiger partial charge in [-0.2, -0.15) is 0 Å². The molecule has 1 heterocycles. The first-order chi connectivity index (χ1) is 8.78. The van der Waals surface area contributed by atoms with Crippen LogP contribution in [-0.2, 0) is 0 Å². The Morgan fingerprint density at radius 2 is 2.17 bits per heavy atom. The van der Waals surface area contributed by atoms with E-state index in [-0.39, 0.29) is 12.2 Å². The molecule has 2 rings (SSSR count). The summed E-state index contributed by atoms with van der Waals surface area (Å²) in [6, 6.07) is 8.22. The lowest BCUT2D eigenvalue weighted by Gasteiger charge is -2.14. The molecule has 1 aliphatic rings. The van der Waals surface area contributed by atoms with Gasteiger partial charge in [0.1, 0.15) is 5.75 Å². The standard InChI is InChI=1S/C15H20N2O/c1-18-14-7-4-5-12(11-14)9-10-13-6-2-3-8-15(16)17-13/h4-5,7,9-11,13,15,17H,2-3,6,8H2,1H3. The lowest BCUT2D eigenvalue weighted by atomic mass is 10.1. The zero-order valence-electron chi connectivity index (χ0n) is 10.8. The number of hydrogen-bond acceptors (Lipinski definition) is 2. The molecule has 0 amide bonds. The molecule has 1 aromatic rings. The molecule has 18 heavy (non-hydrogen) atoms. The lowest BCUT2D eigenvalue weighted by molar-refractivity contribution is 0.414. The molecule has 1 saturated heterocycles. The first-order valence-electron chi connectivity index (χ1n) is 6.54. The fourth-order valence-corrected chi connectivity index (χ4v) is 2.24. The summed E-state index contributed by atoms with van der Waals surface area (Å²) in [5, 5.41) is 3.22. The highest BCUT2D eigenvalue weighted by Gasteiger charge is 2.14. The Kier molecular flexibility index (Phi) is 4.79. The lowest BCUT2D eigenvalue weighted by Crippen LogP contribution is -2.36. The van der Waals surface area contributed by atoms with Gasteiger partial charge in [-0.1, -0.05) is 37.1 Å². The van der Waals surface area contributed by atoms with Gasteiger partial charge in [0.2, 0.25) is 0 Å². The van der Waals surface area contributed by atoms with Crippen LogP contribution in [0.5, 0.6) is 5.75 Å². The van der Waals surface area contributed by atoms with Crippen LogP contribution in [-0.4, -0.2) is 19.3 Å². The molecule has 3 heteroatoms. The number of methoxy groups -OCH3 is 1. The topological polar surface area (TPSA) is 43.6 Å². The fourth-order valence-electron chi connectivity index (χ4n) is 2.24. The minimum atomic E-state index is -0.368. The van der Waals surface area contributed by atoms with Crippen molar-refractivity contribution in [3.05, 3.63) is 35.9 Å². The molecule has 1 aliphatic heterocycles. The molecule has 1 N–H and O–H groups in total. The molecule has 0 aliphatic carbocycles. The number of benzene rings is 1. The van der Waals surface area contributed by atoms with Crippen LogP contribution >= 0.6 is 0 Å². The Balaban J connectivity index is 2.00. The second-order valence-electron chi connectivity index (χ2n) is 4.71. The summed E-state index contributed by atoms with van der Waals surface area (Å²) in [4.78, 5) is 0. The Bertz CT molecular complexity index is 403. The number of nitrogens with one attached hydrogen (secondary N) is 1. The molecule has 1 aromatic carbocycles. The predicted molar refractivity (Wildman–Crippen MR) is 73.3 cm³/mol. The van der Waals surface area contributed by atoms with Gasteiger partial charge in [-0.3, -0.25) is 5.32 Å². The van der Waals surface area contributed by atoms with Gasteiger partial charge < -0.3 is 4.74 Å². The summed E-state index contributed by atoms with van der Waals surface area (Å²) in [5.41, 5.74) is 10.8. The highest BCUT2D eigenvalue weighted by atomic mass is 16.5.